The molecule has 1 unspecified atom stereocenters. The number of likely N-dealkylation sites (N-methyl/N-ethyl adjacent to an activating group) is 1. The molecule has 20 heavy (non-hydrogen) atoms. The topological polar surface area (TPSA) is 45.5 Å². The van der Waals surface area contributed by atoms with Gasteiger partial charge in [0.25, 0.3) is 0 Å². The quantitative estimate of drug-likeness (QED) is 0.935. The highest BCUT2D eigenvalue weighted by Gasteiger charge is 2.34. The number of nitrogens with one attached hydrogen (secondary N) is 1. The molecule has 0 saturated heterocycles. The third kappa shape index (κ3) is 3.01. The number of alkyl halides is 3. The minimum atomic E-state index is -4.46. The summed E-state index contributed by atoms with van der Waals surface area (Å²) in [5, 5.41) is 6.56. The number of hydrogen-bond donors (Lipinski definition) is 1. The molecule has 0 spiro atoms. The number of nitrogens with zero attached hydrogens (tertiary/aromatic N) is 4. The largest absolute Gasteiger partial charge is 0.435 e. The van der Waals surface area contributed by atoms with Crippen molar-refractivity contribution in [3.8, 4) is 0 Å². The molecule has 2 heterocycles. The van der Waals surface area contributed by atoms with E-state index in [9.17, 15) is 13.2 Å². The zero-order valence-electron chi connectivity index (χ0n) is 11.4. The molecule has 0 radical (unpaired) electrons. The molecule has 1 N–H and O–H groups in total. The Morgan fingerprint density at radius 2 is 2.10 bits per heavy atom. The first kappa shape index (κ1) is 14.6. The second-order valence-electron chi connectivity index (χ2n) is 4.83. The highest BCUT2D eigenvalue weighted by molar-refractivity contribution is 5.67. The minimum absolute atomic E-state index is 0.224. The van der Waals surface area contributed by atoms with Crippen molar-refractivity contribution in [2.75, 3.05) is 26.0 Å². The second kappa shape index (κ2) is 5.28. The van der Waals surface area contributed by atoms with Gasteiger partial charge in [-0.25, -0.2) is 9.50 Å². The molecule has 5 nitrogen and oxygen atoms in total. The first-order chi connectivity index (χ1) is 9.29. The average Bonchev–Trinajstić information content (AvgIpc) is 2.79. The number of hydrogen-bond acceptors (Lipinski definition) is 4. The van der Waals surface area contributed by atoms with E-state index in [1.165, 1.54) is 16.9 Å². The molecule has 0 bridgehead atoms. The van der Waals surface area contributed by atoms with Crippen molar-refractivity contribution in [3.05, 3.63) is 24.2 Å². The Kier molecular flexibility index (Phi) is 3.85. The molecule has 8 heteroatoms. The van der Waals surface area contributed by atoms with Crippen LogP contribution in [0.1, 0.15) is 12.6 Å². The monoisotopic (exact) mass is 287 g/mol. The van der Waals surface area contributed by atoms with Crippen molar-refractivity contribution in [2.24, 2.45) is 0 Å². The summed E-state index contributed by atoms with van der Waals surface area (Å²) in [6, 6.07) is 1.22. The predicted molar refractivity (Wildman–Crippen MR) is 69.6 cm³/mol. The molecule has 0 aromatic carbocycles. The molecule has 0 saturated carbocycles. The van der Waals surface area contributed by atoms with E-state index < -0.39 is 11.9 Å². The van der Waals surface area contributed by atoms with Gasteiger partial charge in [0.05, 0.1) is 0 Å². The lowest BCUT2D eigenvalue weighted by atomic mass is 10.3. The van der Waals surface area contributed by atoms with Gasteiger partial charge in [-0.05, 0) is 21.0 Å². The summed E-state index contributed by atoms with van der Waals surface area (Å²) in [5.74, 6) is 0.393. The van der Waals surface area contributed by atoms with Gasteiger partial charge in [-0.3, -0.25) is 0 Å². The normalized spacial score (nSPS) is 13.9. The number of fused-ring (bicyclic) bond motifs is 1. The van der Waals surface area contributed by atoms with E-state index in [2.05, 4.69) is 15.4 Å². The van der Waals surface area contributed by atoms with Crippen molar-refractivity contribution in [1.82, 2.24) is 19.5 Å². The lowest BCUT2D eigenvalue weighted by Gasteiger charge is -2.20. The van der Waals surface area contributed by atoms with Gasteiger partial charge < -0.3 is 10.2 Å². The second-order valence-corrected chi connectivity index (χ2v) is 4.83. The minimum Gasteiger partial charge on any atom is -0.367 e. The van der Waals surface area contributed by atoms with Crippen molar-refractivity contribution in [1.29, 1.82) is 0 Å². The van der Waals surface area contributed by atoms with Gasteiger partial charge in [0.2, 0.25) is 0 Å². The average molecular weight is 287 g/mol. The lowest BCUT2D eigenvalue weighted by molar-refractivity contribution is -0.141. The summed E-state index contributed by atoms with van der Waals surface area (Å²) in [7, 11) is 3.86. The highest BCUT2D eigenvalue weighted by Crippen LogP contribution is 2.29. The molecule has 0 amide bonds. The maximum Gasteiger partial charge on any atom is 0.435 e. The molecule has 1 atom stereocenters. The van der Waals surface area contributed by atoms with Crippen LogP contribution in [-0.2, 0) is 6.18 Å². The number of anilines is 1. The summed E-state index contributed by atoms with van der Waals surface area (Å²) in [6.45, 7) is 2.58. The first-order valence-corrected chi connectivity index (χ1v) is 6.11. The summed E-state index contributed by atoms with van der Waals surface area (Å²) >= 11 is 0. The van der Waals surface area contributed by atoms with Gasteiger partial charge >= 0.3 is 6.18 Å². The van der Waals surface area contributed by atoms with Gasteiger partial charge in [-0.1, -0.05) is 0 Å². The molecule has 2 rings (SSSR count). The first-order valence-electron chi connectivity index (χ1n) is 6.11. The summed E-state index contributed by atoms with van der Waals surface area (Å²) in [5.41, 5.74) is -0.611. The van der Waals surface area contributed by atoms with E-state index in [1.54, 1.807) is 0 Å². The maximum absolute atomic E-state index is 12.7. The number of aromatic nitrogens is 3. The maximum atomic E-state index is 12.7. The number of halogens is 3. The van der Waals surface area contributed by atoms with E-state index in [-0.39, 0.29) is 6.04 Å². The Hall–Kier alpha value is -1.83. The predicted octanol–water partition coefficient (Wildman–Crippen LogP) is 2.11. The van der Waals surface area contributed by atoms with Crippen LogP contribution in [0.15, 0.2) is 18.5 Å². The fraction of sp³-hybridized carbons (Fsp3) is 0.500. The van der Waals surface area contributed by atoms with Crippen LogP contribution in [0.5, 0.6) is 0 Å². The zero-order chi connectivity index (χ0) is 14.9. The van der Waals surface area contributed by atoms with Crippen molar-refractivity contribution in [2.45, 2.75) is 19.1 Å². The molecule has 0 aliphatic carbocycles. The SMILES string of the molecule is CC(CNc1nccn2nc(C(F)(F)F)cc12)N(C)C. The van der Waals surface area contributed by atoms with Crippen molar-refractivity contribution < 1.29 is 13.2 Å². The van der Waals surface area contributed by atoms with Crippen LogP contribution < -0.4 is 5.32 Å². The molecule has 2 aromatic rings. The third-order valence-corrected chi connectivity index (χ3v) is 3.13. The van der Waals surface area contributed by atoms with E-state index in [1.807, 2.05) is 25.9 Å². The molecular weight excluding hydrogens is 271 g/mol. The Bertz CT molecular complexity index is 590. The van der Waals surface area contributed by atoms with Gasteiger partial charge in [0, 0.05) is 31.0 Å². The molecule has 0 fully saturated rings. The van der Waals surface area contributed by atoms with Crippen LogP contribution in [0.4, 0.5) is 19.0 Å². The van der Waals surface area contributed by atoms with Gasteiger partial charge in [0.1, 0.15) is 5.52 Å². The Morgan fingerprint density at radius 3 is 2.70 bits per heavy atom. The molecule has 2 aromatic heterocycles. The Morgan fingerprint density at radius 1 is 1.40 bits per heavy atom. The summed E-state index contributed by atoms with van der Waals surface area (Å²) in [4.78, 5) is 6.08. The van der Waals surface area contributed by atoms with E-state index in [0.717, 1.165) is 6.07 Å². The van der Waals surface area contributed by atoms with Crippen molar-refractivity contribution >= 4 is 11.3 Å². The van der Waals surface area contributed by atoms with Crippen molar-refractivity contribution in [3.63, 3.8) is 0 Å². The Balaban J connectivity index is 2.28. The van der Waals surface area contributed by atoms with Crippen LogP contribution >= 0.6 is 0 Å². The zero-order valence-corrected chi connectivity index (χ0v) is 11.4. The van der Waals surface area contributed by atoms with Gasteiger partial charge in [-0.15, -0.1) is 0 Å². The van der Waals surface area contributed by atoms with Crippen LogP contribution in [-0.4, -0.2) is 46.2 Å². The highest BCUT2D eigenvalue weighted by atomic mass is 19.4. The molecule has 0 aliphatic rings. The standard InChI is InChI=1S/C12H16F3N5/c1-8(19(2)3)7-17-11-9-6-10(12(13,14)15)18-20(9)5-4-16-11/h4-6,8H,7H2,1-3H3,(H,16,17). The van der Waals surface area contributed by atoms with E-state index in [0.29, 0.717) is 17.9 Å². The molecule has 110 valence electrons. The van der Waals surface area contributed by atoms with Gasteiger partial charge in [0.15, 0.2) is 11.5 Å². The fourth-order valence-electron chi connectivity index (χ4n) is 1.62. The van der Waals surface area contributed by atoms with Crippen LogP contribution in [0.25, 0.3) is 5.52 Å². The van der Waals surface area contributed by atoms with Gasteiger partial charge in [-0.2, -0.15) is 18.3 Å². The molecular formula is C12H16F3N5. The third-order valence-electron chi connectivity index (χ3n) is 3.13. The molecule has 0 aliphatic heterocycles. The lowest BCUT2D eigenvalue weighted by Crippen LogP contribution is -2.31. The van der Waals surface area contributed by atoms with Crippen LogP contribution in [0.3, 0.4) is 0 Å². The van der Waals surface area contributed by atoms with Crippen LogP contribution in [0.2, 0.25) is 0 Å². The number of rotatable bonds is 4. The van der Waals surface area contributed by atoms with E-state index >= 15 is 0 Å². The fourth-order valence-corrected chi connectivity index (χ4v) is 1.62. The Labute approximate surface area is 114 Å². The van der Waals surface area contributed by atoms with E-state index in [4.69, 9.17) is 0 Å². The smallest absolute Gasteiger partial charge is 0.367 e. The van der Waals surface area contributed by atoms with Crippen LogP contribution in [0, 0.1) is 0 Å². The summed E-state index contributed by atoms with van der Waals surface area (Å²) < 4.78 is 39.1. The summed E-state index contributed by atoms with van der Waals surface area (Å²) in [6.07, 6.45) is -1.64.